The number of rotatable bonds is 5. The summed E-state index contributed by atoms with van der Waals surface area (Å²) in [4.78, 5) is 4.59. The zero-order chi connectivity index (χ0) is 13.7. The lowest BCUT2D eigenvalue weighted by atomic mass is 9.96. The molecule has 0 spiro atoms. The molecule has 0 bridgehead atoms. The molecule has 1 aromatic rings. The van der Waals surface area contributed by atoms with E-state index in [0.29, 0.717) is 5.92 Å². The topological polar surface area (TPSA) is 32.5 Å². The molecule has 1 aromatic carbocycles. The largest absolute Gasteiger partial charge is 0.374 e. The Hall–Kier alpha value is -1.13. The second-order valence-electron chi connectivity index (χ2n) is 5.43. The standard InChI is InChI=1S/C15H24FN3/c1-18(15-4-2-3-14(16)11-15)12-13-5-8-19(9-6-13)10-7-17/h2-4,11,13H,5-10,12,17H2,1H3. The minimum Gasteiger partial charge on any atom is -0.374 e. The van der Waals surface area contributed by atoms with Crippen molar-refractivity contribution in [3.05, 3.63) is 30.1 Å². The lowest BCUT2D eigenvalue weighted by Gasteiger charge is -2.34. The molecule has 0 saturated carbocycles. The van der Waals surface area contributed by atoms with Crippen molar-refractivity contribution < 1.29 is 4.39 Å². The lowest BCUT2D eigenvalue weighted by Crippen LogP contribution is -2.40. The molecule has 0 radical (unpaired) electrons. The van der Waals surface area contributed by atoms with Crippen LogP contribution >= 0.6 is 0 Å². The highest BCUT2D eigenvalue weighted by molar-refractivity contribution is 5.45. The molecule has 1 heterocycles. The molecule has 2 rings (SSSR count). The van der Waals surface area contributed by atoms with Crippen molar-refractivity contribution in [2.24, 2.45) is 11.7 Å². The first-order chi connectivity index (χ1) is 9.19. The summed E-state index contributed by atoms with van der Waals surface area (Å²) in [7, 11) is 2.04. The van der Waals surface area contributed by atoms with Crippen LogP contribution in [0.15, 0.2) is 24.3 Å². The van der Waals surface area contributed by atoms with Crippen LogP contribution in [-0.2, 0) is 0 Å². The van der Waals surface area contributed by atoms with Crippen molar-refractivity contribution in [2.75, 3.05) is 44.7 Å². The van der Waals surface area contributed by atoms with Crippen molar-refractivity contribution in [1.29, 1.82) is 0 Å². The number of piperidine rings is 1. The maximum atomic E-state index is 13.2. The summed E-state index contributed by atoms with van der Waals surface area (Å²) in [5.74, 6) is 0.532. The normalized spacial score (nSPS) is 17.6. The molecule has 0 aromatic heterocycles. The quantitative estimate of drug-likeness (QED) is 0.883. The van der Waals surface area contributed by atoms with E-state index in [1.807, 2.05) is 13.1 Å². The molecule has 0 unspecified atom stereocenters. The number of benzene rings is 1. The van der Waals surface area contributed by atoms with E-state index in [2.05, 4.69) is 9.80 Å². The molecule has 19 heavy (non-hydrogen) atoms. The Morgan fingerprint density at radius 2 is 2.11 bits per heavy atom. The van der Waals surface area contributed by atoms with Crippen LogP contribution in [0, 0.1) is 11.7 Å². The Morgan fingerprint density at radius 1 is 1.37 bits per heavy atom. The van der Waals surface area contributed by atoms with E-state index in [4.69, 9.17) is 5.73 Å². The van der Waals surface area contributed by atoms with Gasteiger partial charge in [0.15, 0.2) is 0 Å². The second kappa shape index (κ2) is 6.87. The van der Waals surface area contributed by atoms with Gasteiger partial charge >= 0.3 is 0 Å². The molecule has 0 aliphatic carbocycles. The van der Waals surface area contributed by atoms with Crippen molar-refractivity contribution in [2.45, 2.75) is 12.8 Å². The summed E-state index contributed by atoms with van der Waals surface area (Å²) in [6, 6.07) is 6.82. The van der Waals surface area contributed by atoms with Crippen LogP contribution in [0.25, 0.3) is 0 Å². The van der Waals surface area contributed by atoms with Crippen LogP contribution in [0.5, 0.6) is 0 Å². The molecular formula is C15H24FN3. The van der Waals surface area contributed by atoms with Gasteiger partial charge in [-0.25, -0.2) is 4.39 Å². The van der Waals surface area contributed by atoms with Crippen molar-refractivity contribution in [1.82, 2.24) is 4.90 Å². The highest BCUT2D eigenvalue weighted by atomic mass is 19.1. The van der Waals surface area contributed by atoms with Gasteiger partial charge in [-0.1, -0.05) is 6.07 Å². The molecule has 1 aliphatic heterocycles. The SMILES string of the molecule is CN(CC1CCN(CCN)CC1)c1cccc(F)c1. The van der Waals surface area contributed by atoms with E-state index >= 15 is 0 Å². The van der Waals surface area contributed by atoms with Gasteiger partial charge in [0.2, 0.25) is 0 Å². The number of hydrogen-bond donors (Lipinski definition) is 1. The molecule has 106 valence electrons. The molecule has 1 fully saturated rings. The summed E-state index contributed by atoms with van der Waals surface area (Å²) in [6.07, 6.45) is 2.42. The number of likely N-dealkylation sites (tertiary alicyclic amines) is 1. The first kappa shape index (κ1) is 14.3. The number of nitrogens with zero attached hydrogens (tertiary/aromatic N) is 2. The minimum atomic E-state index is -0.165. The average Bonchev–Trinajstić information content (AvgIpc) is 2.41. The van der Waals surface area contributed by atoms with Gasteiger partial charge in [-0.3, -0.25) is 0 Å². The van der Waals surface area contributed by atoms with Gasteiger partial charge in [-0.05, 0) is 50.0 Å². The lowest BCUT2D eigenvalue weighted by molar-refractivity contribution is 0.191. The first-order valence-electron chi connectivity index (χ1n) is 7.08. The molecule has 1 saturated heterocycles. The van der Waals surface area contributed by atoms with Gasteiger partial charge < -0.3 is 15.5 Å². The molecule has 3 nitrogen and oxygen atoms in total. The Labute approximate surface area is 115 Å². The minimum absolute atomic E-state index is 0.165. The summed E-state index contributed by atoms with van der Waals surface area (Å²) < 4.78 is 13.2. The van der Waals surface area contributed by atoms with Crippen LogP contribution in [-0.4, -0.2) is 44.7 Å². The van der Waals surface area contributed by atoms with Crippen molar-refractivity contribution in [3.8, 4) is 0 Å². The van der Waals surface area contributed by atoms with Crippen molar-refractivity contribution >= 4 is 5.69 Å². The average molecular weight is 265 g/mol. The zero-order valence-electron chi connectivity index (χ0n) is 11.7. The van der Waals surface area contributed by atoms with E-state index in [0.717, 1.165) is 38.4 Å². The number of nitrogens with two attached hydrogens (primary N) is 1. The molecule has 2 N–H and O–H groups in total. The van der Waals surface area contributed by atoms with Crippen LogP contribution in [0.3, 0.4) is 0 Å². The molecule has 1 aliphatic rings. The Morgan fingerprint density at radius 3 is 2.74 bits per heavy atom. The van der Waals surface area contributed by atoms with E-state index in [9.17, 15) is 4.39 Å². The van der Waals surface area contributed by atoms with E-state index in [-0.39, 0.29) is 5.82 Å². The van der Waals surface area contributed by atoms with Gasteiger partial charge in [0.1, 0.15) is 5.82 Å². The van der Waals surface area contributed by atoms with Crippen LogP contribution < -0.4 is 10.6 Å². The number of halogens is 1. The van der Waals surface area contributed by atoms with E-state index in [1.165, 1.54) is 18.9 Å². The van der Waals surface area contributed by atoms with Crippen LogP contribution in [0.2, 0.25) is 0 Å². The van der Waals surface area contributed by atoms with E-state index < -0.39 is 0 Å². The fourth-order valence-electron chi connectivity index (χ4n) is 2.78. The molecule has 0 atom stereocenters. The smallest absolute Gasteiger partial charge is 0.125 e. The highest BCUT2D eigenvalue weighted by Crippen LogP contribution is 2.21. The maximum absolute atomic E-state index is 13.2. The second-order valence-corrected chi connectivity index (χ2v) is 5.43. The number of anilines is 1. The maximum Gasteiger partial charge on any atom is 0.125 e. The zero-order valence-corrected chi connectivity index (χ0v) is 11.7. The predicted molar refractivity (Wildman–Crippen MR) is 77.9 cm³/mol. The molecule has 4 heteroatoms. The predicted octanol–water partition coefficient (Wildman–Crippen LogP) is 1.93. The summed E-state index contributed by atoms with van der Waals surface area (Å²) in [6.45, 7) is 5.03. The molecule has 0 amide bonds. The Kier molecular flexibility index (Phi) is 5.16. The van der Waals surface area contributed by atoms with Crippen molar-refractivity contribution in [3.63, 3.8) is 0 Å². The van der Waals surface area contributed by atoms with Gasteiger partial charge in [-0.2, -0.15) is 0 Å². The fraction of sp³-hybridized carbons (Fsp3) is 0.600. The van der Waals surface area contributed by atoms with Gasteiger partial charge in [0, 0.05) is 32.4 Å². The summed E-state index contributed by atoms with van der Waals surface area (Å²) in [5, 5.41) is 0. The van der Waals surface area contributed by atoms with Gasteiger partial charge in [0.25, 0.3) is 0 Å². The van der Waals surface area contributed by atoms with Crippen LogP contribution in [0.1, 0.15) is 12.8 Å². The third-order valence-electron chi connectivity index (χ3n) is 3.93. The third-order valence-corrected chi connectivity index (χ3v) is 3.93. The Balaban J connectivity index is 1.82. The summed E-state index contributed by atoms with van der Waals surface area (Å²) in [5.41, 5.74) is 6.54. The highest BCUT2D eigenvalue weighted by Gasteiger charge is 2.20. The summed E-state index contributed by atoms with van der Waals surface area (Å²) >= 11 is 0. The monoisotopic (exact) mass is 265 g/mol. The van der Waals surface area contributed by atoms with Crippen LogP contribution in [0.4, 0.5) is 10.1 Å². The van der Waals surface area contributed by atoms with E-state index in [1.54, 1.807) is 12.1 Å². The Bertz CT molecular complexity index is 389. The third kappa shape index (κ3) is 4.18. The number of hydrogen-bond acceptors (Lipinski definition) is 3. The molecular weight excluding hydrogens is 241 g/mol. The van der Waals surface area contributed by atoms with Gasteiger partial charge in [0.05, 0.1) is 0 Å². The van der Waals surface area contributed by atoms with Gasteiger partial charge in [-0.15, -0.1) is 0 Å². The fourth-order valence-corrected chi connectivity index (χ4v) is 2.78. The first-order valence-corrected chi connectivity index (χ1v) is 7.08.